The third-order valence-electron chi connectivity index (χ3n) is 2.81. The molecule has 0 atom stereocenters. The second kappa shape index (κ2) is 5.76. The van der Waals surface area contributed by atoms with Crippen molar-refractivity contribution in [2.45, 2.75) is 19.8 Å². The van der Waals surface area contributed by atoms with Gasteiger partial charge in [0.05, 0.1) is 11.4 Å². The summed E-state index contributed by atoms with van der Waals surface area (Å²) in [4.78, 5) is 15.9. The predicted octanol–water partition coefficient (Wildman–Crippen LogP) is 2.30. The number of aliphatic imine (C=N–C) groups is 1. The maximum absolute atomic E-state index is 11.5. The van der Waals surface area contributed by atoms with Crippen LogP contribution < -0.4 is 10.6 Å². The van der Waals surface area contributed by atoms with Gasteiger partial charge in [-0.05, 0) is 36.8 Å². The molecule has 0 bridgehead atoms. The number of aryl methyl sites for hydroxylation is 2. The largest absolute Gasteiger partial charge is 0.324 e. The highest BCUT2D eigenvalue weighted by Gasteiger charge is 2.18. The number of rotatable bonds is 1. The quantitative estimate of drug-likeness (QED) is 0.356. The Hall–Kier alpha value is -2.00. The third-order valence-corrected chi connectivity index (χ3v) is 3.39. The fourth-order valence-corrected chi connectivity index (χ4v) is 2.34. The van der Waals surface area contributed by atoms with Gasteiger partial charge in [0, 0.05) is 6.42 Å². The van der Waals surface area contributed by atoms with Crippen molar-refractivity contribution in [1.82, 2.24) is 5.32 Å². The lowest BCUT2D eigenvalue weighted by molar-refractivity contribution is -0.116. The highest BCUT2D eigenvalue weighted by atomic mass is 32.2. The van der Waals surface area contributed by atoms with Crippen molar-refractivity contribution < 1.29 is 4.79 Å². The van der Waals surface area contributed by atoms with E-state index in [-0.39, 0.29) is 5.91 Å². The van der Waals surface area contributed by atoms with Crippen molar-refractivity contribution in [1.29, 1.82) is 5.26 Å². The topological polar surface area (TPSA) is 77.3 Å². The van der Waals surface area contributed by atoms with E-state index < -0.39 is 0 Å². The van der Waals surface area contributed by atoms with Crippen LogP contribution in [0.2, 0.25) is 0 Å². The highest BCUT2D eigenvalue weighted by Crippen LogP contribution is 2.34. The molecule has 0 radical (unpaired) electrons. The van der Waals surface area contributed by atoms with Crippen LogP contribution in [0.1, 0.15) is 17.5 Å². The molecule has 5 nitrogen and oxygen atoms in total. The van der Waals surface area contributed by atoms with Crippen LogP contribution in [0.15, 0.2) is 17.1 Å². The van der Waals surface area contributed by atoms with Crippen LogP contribution in [-0.4, -0.2) is 17.3 Å². The average Bonchev–Trinajstić information content (AvgIpc) is 2.39. The van der Waals surface area contributed by atoms with E-state index in [2.05, 4.69) is 21.7 Å². The first-order valence-electron chi connectivity index (χ1n) is 5.85. The number of hydrogen-bond donors (Lipinski definition) is 2. The van der Waals surface area contributed by atoms with Crippen LogP contribution in [0.25, 0.3) is 0 Å². The van der Waals surface area contributed by atoms with Gasteiger partial charge in [0.25, 0.3) is 0 Å². The SMILES string of the molecule is CSC(=Nc1cc(C)cc2c1NC(=O)CC2)NC#N. The molecule has 19 heavy (non-hydrogen) atoms. The number of nitrogens with zero attached hydrogens (tertiary/aromatic N) is 2. The van der Waals surface area contributed by atoms with Crippen molar-refractivity contribution in [3.63, 3.8) is 0 Å². The third kappa shape index (κ3) is 3.06. The Kier molecular flexibility index (Phi) is 4.07. The number of carbonyl (C=O) groups excluding carboxylic acids is 1. The van der Waals surface area contributed by atoms with Crippen LogP contribution >= 0.6 is 11.8 Å². The molecule has 1 aliphatic rings. The normalized spacial score (nSPS) is 14.4. The molecule has 2 rings (SSSR count). The van der Waals surface area contributed by atoms with Gasteiger partial charge in [0.1, 0.15) is 0 Å². The van der Waals surface area contributed by atoms with Crippen molar-refractivity contribution in [2.75, 3.05) is 11.6 Å². The Bertz CT molecular complexity index is 589. The Labute approximate surface area is 116 Å². The summed E-state index contributed by atoms with van der Waals surface area (Å²) in [6.45, 7) is 1.99. The Balaban J connectivity index is 2.48. The van der Waals surface area contributed by atoms with Crippen molar-refractivity contribution in [2.24, 2.45) is 4.99 Å². The molecule has 0 saturated carbocycles. The molecular weight excluding hydrogens is 260 g/mol. The van der Waals surface area contributed by atoms with Gasteiger partial charge in [0.15, 0.2) is 11.4 Å². The zero-order valence-corrected chi connectivity index (χ0v) is 11.6. The second-order valence-electron chi connectivity index (χ2n) is 4.22. The van der Waals surface area contributed by atoms with E-state index in [9.17, 15) is 4.79 Å². The summed E-state index contributed by atoms with van der Waals surface area (Å²) in [5, 5.41) is 14.6. The number of benzene rings is 1. The lowest BCUT2D eigenvalue weighted by Crippen LogP contribution is -2.19. The second-order valence-corrected chi connectivity index (χ2v) is 5.02. The summed E-state index contributed by atoms with van der Waals surface area (Å²) in [6, 6.07) is 3.96. The van der Waals surface area contributed by atoms with Crippen LogP contribution in [0, 0.1) is 18.4 Å². The van der Waals surface area contributed by atoms with E-state index >= 15 is 0 Å². The molecule has 98 valence electrons. The molecule has 0 saturated heterocycles. The first-order valence-corrected chi connectivity index (χ1v) is 7.07. The summed E-state index contributed by atoms with van der Waals surface area (Å²) >= 11 is 1.35. The molecule has 1 aliphatic heterocycles. The summed E-state index contributed by atoms with van der Waals surface area (Å²) < 4.78 is 0. The van der Waals surface area contributed by atoms with E-state index in [1.807, 2.05) is 25.4 Å². The molecule has 1 heterocycles. The van der Waals surface area contributed by atoms with Crippen molar-refractivity contribution in [3.05, 3.63) is 23.3 Å². The van der Waals surface area contributed by atoms with Gasteiger partial charge in [-0.25, -0.2) is 4.99 Å². The van der Waals surface area contributed by atoms with Gasteiger partial charge in [-0.3, -0.25) is 10.1 Å². The van der Waals surface area contributed by atoms with Gasteiger partial charge in [-0.15, -0.1) is 0 Å². The van der Waals surface area contributed by atoms with Crippen LogP contribution in [0.4, 0.5) is 11.4 Å². The standard InChI is InChI=1S/C13H14N4OS/c1-8-5-9-3-4-11(18)17-12(9)10(6-8)16-13(19-2)15-7-14/h5-6H,3-4H2,1-2H3,(H,15,16)(H,17,18). The van der Waals surface area contributed by atoms with Gasteiger partial charge in [0.2, 0.25) is 5.91 Å². The monoisotopic (exact) mass is 274 g/mol. The van der Waals surface area contributed by atoms with Crippen molar-refractivity contribution in [3.8, 4) is 6.19 Å². The molecule has 1 aromatic rings. The number of nitriles is 1. The molecule has 1 amide bonds. The van der Waals surface area contributed by atoms with E-state index in [1.165, 1.54) is 11.8 Å². The minimum atomic E-state index is 0.00625. The van der Waals surface area contributed by atoms with E-state index in [1.54, 1.807) is 0 Å². The lowest BCUT2D eigenvalue weighted by atomic mass is 9.99. The van der Waals surface area contributed by atoms with Crippen LogP contribution in [-0.2, 0) is 11.2 Å². The van der Waals surface area contributed by atoms with E-state index in [0.717, 1.165) is 23.2 Å². The van der Waals surface area contributed by atoms with Crippen molar-refractivity contribution >= 4 is 34.2 Å². The fraction of sp³-hybridized carbons (Fsp3) is 0.308. The molecule has 0 unspecified atom stereocenters. The van der Waals surface area contributed by atoms with E-state index in [0.29, 0.717) is 17.3 Å². The molecule has 0 aromatic heterocycles. The number of anilines is 1. The maximum Gasteiger partial charge on any atom is 0.224 e. The number of nitrogens with one attached hydrogen (secondary N) is 2. The predicted molar refractivity (Wildman–Crippen MR) is 77.5 cm³/mol. The summed E-state index contributed by atoms with van der Waals surface area (Å²) in [5.74, 6) is 0.00625. The van der Waals surface area contributed by atoms with Crippen LogP contribution in [0.3, 0.4) is 0 Å². The zero-order chi connectivity index (χ0) is 13.8. The Morgan fingerprint density at radius 2 is 2.32 bits per heavy atom. The van der Waals surface area contributed by atoms with Crippen LogP contribution in [0.5, 0.6) is 0 Å². The Morgan fingerprint density at radius 3 is 3.00 bits per heavy atom. The number of thioether (sulfide) groups is 1. The number of amidine groups is 1. The van der Waals surface area contributed by atoms with E-state index in [4.69, 9.17) is 5.26 Å². The van der Waals surface area contributed by atoms with Gasteiger partial charge in [-0.2, -0.15) is 5.26 Å². The molecule has 0 aliphatic carbocycles. The number of carbonyl (C=O) groups is 1. The minimum absolute atomic E-state index is 0.00625. The summed E-state index contributed by atoms with van der Waals surface area (Å²) in [7, 11) is 0. The number of fused-ring (bicyclic) bond motifs is 1. The molecule has 1 aromatic carbocycles. The number of hydrogen-bond acceptors (Lipinski definition) is 4. The smallest absolute Gasteiger partial charge is 0.224 e. The zero-order valence-electron chi connectivity index (χ0n) is 10.8. The Morgan fingerprint density at radius 1 is 1.53 bits per heavy atom. The minimum Gasteiger partial charge on any atom is -0.324 e. The molecule has 0 fully saturated rings. The molecule has 6 heteroatoms. The lowest BCUT2D eigenvalue weighted by Gasteiger charge is -2.19. The maximum atomic E-state index is 11.5. The van der Waals surface area contributed by atoms with Gasteiger partial charge < -0.3 is 5.32 Å². The fourth-order valence-electron chi connectivity index (χ4n) is 2.00. The molecule has 0 spiro atoms. The van der Waals surface area contributed by atoms with Gasteiger partial charge in [-0.1, -0.05) is 17.8 Å². The average molecular weight is 274 g/mol. The summed E-state index contributed by atoms with van der Waals surface area (Å²) in [6.07, 6.45) is 4.92. The molecular formula is C13H14N4OS. The highest BCUT2D eigenvalue weighted by molar-refractivity contribution is 8.13. The summed E-state index contributed by atoms with van der Waals surface area (Å²) in [5.41, 5.74) is 3.63. The first-order chi connectivity index (χ1) is 9.13. The number of amides is 1. The first kappa shape index (κ1) is 13.4. The van der Waals surface area contributed by atoms with Gasteiger partial charge >= 0.3 is 0 Å². The molecule has 2 N–H and O–H groups in total.